The number of nitrogens with zero attached hydrogens (tertiary/aromatic N) is 4. The highest BCUT2D eigenvalue weighted by molar-refractivity contribution is 6.39. The van der Waals surface area contributed by atoms with Gasteiger partial charge in [-0.25, -0.2) is 9.67 Å². The third-order valence-electron chi connectivity index (χ3n) is 2.97. The van der Waals surface area contributed by atoms with Crippen LogP contribution >= 0.6 is 23.2 Å². The van der Waals surface area contributed by atoms with Crippen LogP contribution in [0.1, 0.15) is 11.3 Å². The van der Waals surface area contributed by atoms with E-state index in [4.69, 9.17) is 27.7 Å². The topological polar surface area (TPSA) is 56.7 Å². The second-order valence-electron chi connectivity index (χ2n) is 4.26. The molecule has 0 bridgehead atoms. The highest BCUT2D eigenvalue weighted by Gasteiger charge is 2.20. The number of rotatable bonds is 3. The second kappa shape index (κ2) is 5.26. The maximum absolute atomic E-state index is 6.23. The summed E-state index contributed by atoms with van der Waals surface area (Å²) in [7, 11) is 0. The van der Waals surface area contributed by atoms with Gasteiger partial charge >= 0.3 is 0 Å². The van der Waals surface area contributed by atoms with Crippen molar-refractivity contribution in [1.82, 2.24) is 19.9 Å². The van der Waals surface area contributed by atoms with Gasteiger partial charge in [0.15, 0.2) is 0 Å². The van der Waals surface area contributed by atoms with Crippen LogP contribution in [0.4, 0.5) is 0 Å². The minimum absolute atomic E-state index is 0.492. The predicted molar refractivity (Wildman–Crippen MR) is 75.8 cm³/mol. The summed E-state index contributed by atoms with van der Waals surface area (Å²) in [5.74, 6) is 0.700. The Morgan fingerprint density at radius 2 is 2.00 bits per heavy atom. The average molecular weight is 309 g/mol. The molecule has 3 rings (SSSR count). The SMILES string of the molecule is Cc1onc(-c2c(Cl)cccc2Cl)c1Cn1cncn1. The van der Waals surface area contributed by atoms with Gasteiger partial charge in [-0.2, -0.15) is 5.10 Å². The minimum atomic E-state index is 0.492. The summed E-state index contributed by atoms with van der Waals surface area (Å²) < 4.78 is 6.97. The van der Waals surface area contributed by atoms with Gasteiger partial charge in [0.25, 0.3) is 0 Å². The molecule has 0 radical (unpaired) electrons. The highest BCUT2D eigenvalue weighted by atomic mass is 35.5. The largest absolute Gasteiger partial charge is 0.361 e. The van der Waals surface area contributed by atoms with Crippen LogP contribution in [0.25, 0.3) is 11.3 Å². The lowest BCUT2D eigenvalue weighted by molar-refractivity contribution is 0.397. The van der Waals surface area contributed by atoms with Gasteiger partial charge in [0, 0.05) is 11.1 Å². The molecule has 20 heavy (non-hydrogen) atoms. The van der Waals surface area contributed by atoms with Gasteiger partial charge in [0.1, 0.15) is 24.1 Å². The molecule has 102 valence electrons. The molecule has 0 fully saturated rings. The van der Waals surface area contributed by atoms with Crippen molar-refractivity contribution in [3.63, 3.8) is 0 Å². The standard InChI is InChI=1S/C13H10Cl2N4O/c1-8-9(5-19-7-16-6-17-19)13(18-20-8)12-10(14)3-2-4-11(12)15/h2-4,6-7H,5H2,1H3. The molecule has 0 aliphatic rings. The molecule has 0 spiro atoms. The average Bonchev–Trinajstić information content (AvgIpc) is 3.03. The van der Waals surface area contributed by atoms with Gasteiger partial charge < -0.3 is 4.52 Å². The Bertz CT molecular complexity index is 717. The first-order valence-electron chi connectivity index (χ1n) is 5.88. The number of halogens is 2. The summed E-state index contributed by atoms with van der Waals surface area (Å²) >= 11 is 12.5. The lowest BCUT2D eigenvalue weighted by Gasteiger charge is -2.06. The van der Waals surface area contributed by atoms with Gasteiger partial charge in [-0.3, -0.25) is 0 Å². The molecule has 7 heteroatoms. The van der Waals surface area contributed by atoms with Crippen LogP contribution in [0.15, 0.2) is 35.4 Å². The van der Waals surface area contributed by atoms with Crippen LogP contribution in [0.2, 0.25) is 10.0 Å². The zero-order chi connectivity index (χ0) is 14.1. The molecule has 0 atom stereocenters. The van der Waals surface area contributed by atoms with Gasteiger partial charge in [-0.1, -0.05) is 34.4 Å². The molecular weight excluding hydrogens is 299 g/mol. The molecule has 0 N–H and O–H groups in total. The normalized spacial score (nSPS) is 10.9. The fourth-order valence-corrected chi connectivity index (χ4v) is 2.55. The van der Waals surface area contributed by atoms with E-state index in [0.29, 0.717) is 33.6 Å². The quantitative estimate of drug-likeness (QED) is 0.742. The second-order valence-corrected chi connectivity index (χ2v) is 5.07. The monoisotopic (exact) mass is 308 g/mol. The molecular formula is C13H10Cl2N4O. The van der Waals surface area contributed by atoms with E-state index in [-0.39, 0.29) is 0 Å². The molecule has 3 aromatic rings. The van der Waals surface area contributed by atoms with Gasteiger partial charge in [-0.05, 0) is 19.1 Å². The summed E-state index contributed by atoms with van der Waals surface area (Å²) in [5, 5.41) is 9.23. The van der Waals surface area contributed by atoms with Crippen molar-refractivity contribution < 1.29 is 4.52 Å². The predicted octanol–water partition coefficient (Wildman–Crippen LogP) is 3.60. The molecule has 0 aliphatic heterocycles. The third kappa shape index (κ3) is 2.30. The fraction of sp³-hybridized carbons (Fsp3) is 0.154. The fourth-order valence-electron chi connectivity index (χ4n) is 1.97. The first-order chi connectivity index (χ1) is 9.66. The van der Waals surface area contributed by atoms with Crippen LogP contribution in [0.3, 0.4) is 0 Å². The Morgan fingerprint density at radius 1 is 1.25 bits per heavy atom. The summed E-state index contributed by atoms with van der Waals surface area (Å²) in [6.07, 6.45) is 3.11. The summed E-state index contributed by atoms with van der Waals surface area (Å²) in [4.78, 5) is 3.92. The maximum atomic E-state index is 6.23. The van der Waals surface area contributed by atoms with Crippen molar-refractivity contribution in [2.45, 2.75) is 13.5 Å². The summed E-state index contributed by atoms with van der Waals surface area (Å²) in [6.45, 7) is 2.33. The molecule has 0 aliphatic carbocycles. The number of aromatic nitrogens is 4. The third-order valence-corrected chi connectivity index (χ3v) is 3.60. The van der Waals surface area contributed by atoms with E-state index in [1.165, 1.54) is 6.33 Å². The highest BCUT2D eigenvalue weighted by Crippen LogP contribution is 2.36. The van der Waals surface area contributed by atoms with E-state index >= 15 is 0 Å². The van der Waals surface area contributed by atoms with Gasteiger partial charge in [-0.15, -0.1) is 0 Å². The molecule has 5 nitrogen and oxygen atoms in total. The minimum Gasteiger partial charge on any atom is -0.361 e. The van der Waals surface area contributed by atoms with Crippen molar-refractivity contribution in [1.29, 1.82) is 0 Å². The van der Waals surface area contributed by atoms with E-state index in [9.17, 15) is 0 Å². The Kier molecular flexibility index (Phi) is 3.46. The Balaban J connectivity index is 2.11. The van der Waals surface area contributed by atoms with Crippen LogP contribution in [-0.4, -0.2) is 19.9 Å². The first kappa shape index (κ1) is 13.1. The maximum Gasteiger partial charge on any atom is 0.139 e. The van der Waals surface area contributed by atoms with Crippen LogP contribution in [0.5, 0.6) is 0 Å². The lowest BCUT2D eigenvalue weighted by Crippen LogP contribution is -2.02. The molecule has 0 saturated carbocycles. The van der Waals surface area contributed by atoms with Gasteiger partial charge in [0.2, 0.25) is 0 Å². The number of hydrogen-bond acceptors (Lipinski definition) is 4. The van der Waals surface area contributed by atoms with E-state index in [0.717, 1.165) is 5.56 Å². The zero-order valence-electron chi connectivity index (χ0n) is 10.5. The number of benzene rings is 1. The molecule has 0 amide bonds. The van der Waals surface area contributed by atoms with Crippen molar-refractivity contribution in [2.24, 2.45) is 0 Å². The van der Waals surface area contributed by atoms with Crippen molar-refractivity contribution in [2.75, 3.05) is 0 Å². The summed E-state index contributed by atoms with van der Waals surface area (Å²) in [5.41, 5.74) is 2.18. The van der Waals surface area contributed by atoms with Crippen molar-refractivity contribution >= 4 is 23.2 Å². The zero-order valence-corrected chi connectivity index (χ0v) is 12.1. The molecule has 1 aromatic carbocycles. The van der Waals surface area contributed by atoms with Crippen molar-refractivity contribution in [3.8, 4) is 11.3 Å². The number of hydrogen-bond donors (Lipinski definition) is 0. The first-order valence-corrected chi connectivity index (χ1v) is 6.64. The smallest absolute Gasteiger partial charge is 0.139 e. The van der Waals surface area contributed by atoms with E-state index in [2.05, 4.69) is 15.2 Å². The van der Waals surface area contributed by atoms with E-state index in [1.54, 1.807) is 29.2 Å². The Labute approximate surface area is 125 Å². The van der Waals surface area contributed by atoms with Crippen molar-refractivity contribution in [3.05, 3.63) is 52.2 Å². The molecule has 2 heterocycles. The van der Waals surface area contributed by atoms with Crippen LogP contribution < -0.4 is 0 Å². The Morgan fingerprint density at radius 3 is 2.65 bits per heavy atom. The number of aryl methyl sites for hydroxylation is 1. The van der Waals surface area contributed by atoms with Crippen LogP contribution in [-0.2, 0) is 6.54 Å². The molecule has 0 unspecified atom stereocenters. The molecule has 0 saturated heterocycles. The van der Waals surface area contributed by atoms with E-state index in [1.807, 2.05) is 6.92 Å². The van der Waals surface area contributed by atoms with Gasteiger partial charge in [0.05, 0.1) is 16.6 Å². The molecule has 2 aromatic heterocycles. The van der Waals surface area contributed by atoms with Crippen LogP contribution in [0, 0.1) is 6.92 Å². The lowest BCUT2D eigenvalue weighted by atomic mass is 10.1. The van der Waals surface area contributed by atoms with E-state index < -0.39 is 0 Å². The Hall–Kier alpha value is -1.85. The summed E-state index contributed by atoms with van der Waals surface area (Å²) in [6, 6.07) is 5.33.